The minimum absolute atomic E-state index is 0.0952. The molecule has 0 radical (unpaired) electrons. The summed E-state index contributed by atoms with van der Waals surface area (Å²) in [6.07, 6.45) is 3.29. The van der Waals surface area contributed by atoms with E-state index in [9.17, 15) is 4.79 Å². The van der Waals surface area contributed by atoms with Gasteiger partial charge in [0.05, 0.1) is 5.25 Å². The van der Waals surface area contributed by atoms with Crippen molar-refractivity contribution in [2.45, 2.75) is 45.3 Å². The standard InChI is InChI=1S/C10H18OS/c1-4-10(2,3)9(11)8-6-5-7-12-8/h8H,4-7H2,1-3H3. The van der Waals surface area contributed by atoms with E-state index in [4.69, 9.17) is 0 Å². The summed E-state index contributed by atoms with van der Waals surface area (Å²) >= 11 is 1.84. The third kappa shape index (κ3) is 2.03. The Morgan fingerprint density at radius 1 is 1.58 bits per heavy atom. The lowest BCUT2D eigenvalue weighted by atomic mass is 9.83. The molecule has 1 heterocycles. The average molecular weight is 186 g/mol. The van der Waals surface area contributed by atoms with Crippen LogP contribution >= 0.6 is 11.8 Å². The van der Waals surface area contributed by atoms with Crippen LogP contribution in [0, 0.1) is 5.41 Å². The fraction of sp³-hybridized carbons (Fsp3) is 0.900. The van der Waals surface area contributed by atoms with E-state index >= 15 is 0 Å². The molecule has 1 aliphatic rings. The summed E-state index contributed by atoms with van der Waals surface area (Å²) in [5.41, 5.74) is -0.0952. The fourth-order valence-electron chi connectivity index (χ4n) is 1.39. The van der Waals surface area contributed by atoms with Crippen LogP contribution in [-0.2, 0) is 4.79 Å². The molecule has 0 amide bonds. The summed E-state index contributed by atoms with van der Waals surface area (Å²) in [5.74, 6) is 1.64. The van der Waals surface area contributed by atoms with Crippen molar-refractivity contribution < 1.29 is 4.79 Å². The van der Waals surface area contributed by atoms with Crippen molar-refractivity contribution in [3.05, 3.63) is 0 Å². The van der Waals surface area contributed by atoms with Crippen molar-refractivity contribution in [2.24, 2.45) is 5.41 Å². The quantitative estimate of drug-likeness (QED) is 0.674. The van der Waals surface area contributed by atoms with Gasteiger partial charge in [0.2, 0.25) is 0 Å². The minimum atomic E-state index is -0.0952. The number of rotatable bonds is 3. The number of carbonyl (C=O) groups is 1. The van der Waals surface area contributed by atoms with Gasteiger partial charge in [-0.25, -0.2) is 0 Å². The lowest BCUT2D eigenvalue weighted by Crippen LogP contribution is -2.30. The Bertz CT molecular complexity index is 169. The van der Waals surface area contributed by atoms with Crippen LogP contribution in [0.5, 0.6) is 0 Å². The highest BCUT2D eigenvalue weighted by Gasteiger charge is 2.33. The molecule has 0 spiro atoms. The van der Waals surface area contributed by atoms with Gasteiger partial charge >= 0.3 is 0 Å². The highest BCUT2D eigenvalue weighted by atomic mass is 32.2. The summed E-state index contributed by atoms with van der Waals surface area (Å²) in [7, 11) is 0. The average Bonchev–Trinajstić information content (AvgIpc) is 2.55. The van der Waals surface area contributed by atoms with Crippen LogP contribution in [-0.4, -0.2) is 16.8 Å². The fourth-order valence-corrected chi connectivity index (χ4v) is 2.82. The molecule has 1 nitrogen and oxygen atoms in total. The number of carbonyl (C=O) groups excluding carboxylic acids is 1. The van der Waals surface area contributed by atoms with Gasteiger partial charge in [-0.3, -0.25) is 4.79 Å². The Labute approximate surface area is 79.3 Å². The number of hydrogen-bond acceptors (Lipinski definition) is 2. The van der Waals surface area contributed by atoms with Crippen molar-refractivity contribution in [1.82, 2.24) is 0 Å². The molecule has 0 aromatic carbocycles. The number of ketones is 1. The largest absolute Gasteiger partial charge is 0.298 e. The molecule has 0 saturated carbocycles. The van der Waals surface area contributed by atoms with Gasteiger partial charge in [-0.15, -0.1) is 0 Å². The number of thioether (sulfide) groups is 1. The molecule has 1 saturated heterocycles. The SMILES string of the molecule is CCC(C)(C)C(=O)C1CCCS1. The van der Waals surface area contributed by atoms with Gasteiger partial charge in [0, 0.05) is 5.41 Å². The van der Waals surface area contributed by atoms with Gasteiger partial charge in [-0.05, 0) is 25.0 Å². The van der Waals surface area contributed by atoms with Crippen LogP contribution in [0.4, 0.5) is 0 Å². The monoisotopic (exact) mass is 186 g/mol. The zero-order valence-corrected chi connectivity index (χ0v) is 9.04. The maximum absolute atomic E-state index is 11.9. The summed E-state index contributed by atoms with van der Waals surface area (Å²) in [4.78, 5) is 11.9. The second kappa shape index (κ2) is 3.82. The van der Waals surface area contributed by atoms with Crippen LogP contribution < -0.4 is 0 Å². The van der Waals surface area contributed by atoms with Crippen molar-refractivity contribution in [1.29, 1.82) is 0 Å². The zero-order valence-electron chi connectivity index (χ0n) is 8.22. The third-order valence-electron chi connectivity index (χ3n) is 2.77. The number of Topliss-reactive ketones (excluding diaryl/α,β-unsaturated/α-hetero) is 1. The van der Waals surface area contributed by atoms with Crippen molar-refractivity contribution in [3.8, 4) is 0 Å². The van der Waals surface area contributed by atoms with Crippen LogP contribution in [0.2, 0.25) is 0 Å². The molecule has 0 N–H and O–H groups in total. The van der Waals surface area contributed by atoms with Crippen LogP contribution in [0.25, 0.3) is 0 Å². The zero-order chi connectivity index (χ0) is 9.19. The Morgan fingerprint density at radius 2 is 2.25 bits per heavy atom. The lowest BCUT2D eigenvalue weighted by Gasteiger charge is -2.24. The van der Waals surface area contributed by atoms with Gasteiger partial charge in [-0.1, -0.05) is 20.8 Å². The molecule has 0 aliphatic carbocycles. The summed E-state index contributed by atoms with van der Waals surface area (Å²) in [6, 6.07) is 0. The Hall–Kier alpha value is 0.0200. The van der Waals surface area contributed by atoms with Crippen LogP contribution in [0.1, 0.15) is 40.0 Å². The minimum Gasteiger partial charge on any atom is -0.298 e. The topological polar surface area (TPSA) is 17.1 Å². The maximum atomic E-state index is 11.9. The first kappa shape index (κ1) is 10.1. The summed E-state index contributed by atoms with van der Waals surface area (Å²) in [6.45, 7) is 6.22. The van der Waals surface area contributed by atoms with Crippen LogP contribution in [0.3, 0.4) is 0 Å². The lowest BCUT2D eigenvalue weighted by molar-refractivity contribution is -0.126. The van der Waals surface area contributed by atoms with Crippen molar-refractivity contribution in [2.75, 3.05) is 5.75 Å². The van der Waals surface area contributed by atoms with Gasteiger partial charge in [-0.2, -0.15) is 11.8 Å². The molecule has 2 heteroatoms. The van der Waals surface area contributed by atoms with E-state index in [1.54, 1.807) is 0 Å². The van der Waals surface area contributed by atoms with E-state index in [2.05, 4.69) is 20.8 Å². The van der Waals surface area contributed by atoms with E-state index in [1.807, 2.05) is 11.8 Å². The molecule has 0 aromatic heterocycles. The molecule has 0 aromatic rings. The Kier molecular flexibility index (Phi) is 3.22. The molecular weight excluding hydrogens is 168 g/mol. The molecule has 1 atom stereocenters. The van der Waals surface area contributed by atoms with Gasteiger partial charge < -0.3 is 0 Å². The van der Waals surface area contributed by atoms with E-state index in [1.165, 1.54) is 12.2 Å². The van der Waals surface area contributed by atoms with E-state index in [-0.39, 0.29) is 5.41 Å². The highest BCUT2D eigenvalue weighted by Crippen LogP contribution is 2.34. The molecule has 1 fully saturated rings. The molecule has 0 bridgehead atoms. The van der Waals surface area contributed by atoms with Gasteiger partial charge in [0.25, 0.3) is 0 Å². The van der Waals surface area contributed by atoms with Crippen LogP contribution in [0.15, 0.2) is 0 Å². The Morgan fingerprint density at radius 3 is 2.67 bits per heavy atom. The van der Waals surface area contributed by atoms with E-state index in [0.29, 0.717) is 11.0 Å². The molecule has 1 rings (SSSR count). The molecule has 1 aliphatic heterocycles. The van der Waals surface area contributed by atoms with Gasteiger partial charge in [0.1, 0.15) is 0 Å². The summed E-state index contributed by atoms with van der Waals surface area (Å²) in [5, 5.41) is 0.306. The third-order valence-corrected chi connectivity index (χ3v) is 4.15. The molecule has 1 unspecified atom stereocenters. The second-order valence-corrected chi connectivity index (χ2v) is 5.41. The summed E-state index contributed by atoms with van der Waals surface area (Å²) < 4.78 is 0. The maximum Gasteiger partial charge on any atom is 0.151 e. The highest BCUT2D eigenvalue weighted by molar-refractivity contribution is 8.00. The van der Waals surface area contributed by atoms with Crippen molar-refractivity contribution in [3.63, 3.8) is 0 Å². The first-order chi connectivity index (χ1) is 5.58. The molecule has 70 valence electrons. The van der Waals surface area contributed by atoms with Crippen molar-refractivity contribution >= 4 is 17.5 Å². The van der Waals surface area contributed by atoms with E-state index in [0.717, 1.165) is 12.8 Å². The predicted octanol–water partition coefficient (Wildman–Crippen LogP) is 2.89. The van der Waals surface area contributed by atoms with Gasteiger partial charge in [0.15, 0.2) is 5.78 Å². The van der Waals surface area contributed by atoms with E-state index < -0.39 is 0 Å². The normalized spacial score (nSPS) is 24.4. The predicted molar refractivity (Wildman–Crippen MR) is 54.6 cm³/mol. The number of hydrogen-bond donors (Lipinski definition) is 0. The first-order valence-electron chi connectivity index (χ1n) is 4.74. The molecular formula is C10H18OS. The smallest absolute Gasteiger partial charge is 0.151 e. The first-order valence-corrected chi connectivity index (χ1v) is 5.78. The second-order valence-electron chi connectivity index (χ2n) is 4.10. The Balaban J connectivity index is 2.56. The molecule has 12 heavy (non-hydrogen) atoms.